The number of nitriles is 1. The third-order valence-electron chi connectivity index (χ3n) is 4.67. The molecule has 30 heavy (non-hydrogen) atoms. The SMILES string of the molecule is CN(Cc1cc(C(F)(F)F)cc(C(F)(F)F)c1)c1cccc(C2NNNC2C#N)c1. The van der Waals surface area contributed by atoms with Crippen LogP contribution in [0.1, 0.15) is 28.3 Å². The van der Waals surface area contributed by atoms with Crippen molar-refractivity contribution >= 4 is 5.69 Å². The minimum Gasteiger partial charge on any atom is -0.370 e. The number of nitrogens with zero attached hydrogens (tertiary/aromatic N) is 2. The van der Waals surface area contributed by atoms with Crippen LogP contribution in [0.15, 0.2) is 42.5 Å². The molecule has 2 unspecified atom stereocenters. The zero-order valence-electron chi connectivity index (χ0n) is 15.6. The maximum atomic E-state index is 13.1. The first-order chi connectivity index (χ1) is 14.0. The number of alkyl halides is 6. The Morgan fingerprint density at radius 2 is 1.60 bits per heavy atom. The fourth-order valence-electron chi connectivity index (χ4n) is 3.18. The summed E-state index contributed by atoms with van der Waals surface area (Å²) in [4.78, 5) is 1.54. The third kappa shape index (κ3) is 4.84. The summed E-state index contributed by atoms with van der Waals surface area (Å²) in [5.74, 6) is 0. The van der Waals surface area contributed by atoms with Crippen LogP contribution >= 0.6 is 0 Å². The van der Waals surface area contributed by atoms with Crippen LogP contribution in [0, 0.1) is 11.3 Å². The molecule has 1 aliphatic heterocycles. The number of hydrogen-bond donors (Lipinski definition) is 3. The van der Waals surface area contributed by atoms with Crippen molar-refractivity contribution in [2.24, 2.45) is 0 Å². The molecule has 11 heteroatoms. The highest BCUT2D eigenvalue weighted by atomic mass is 19.4. The first-order valence-corrected chi connectivity index (χ1v) is 8.74. The lowest BCUT2D eigenvalue weighted by Crippen LogP contribution is -2.32. The normalized spacial score (nSPS) is 19.5. The van der Waals surface area contributed by atoms with Gasteiger partial charge < -0.3 is 4.90 Å². The number of hydrazine groups is 2. The quantitative estimate of drug-likeness (QED) is 0.644. The van der Waals surface area contributed by atoms with Crippen LogP contribution in [0.4, 0.5) is 32.0 Å². The molecule has 0 amide bonds. The van der Waals surface area contributed by atoms with E-state index in [1.165, 1.54) is 4.90 Å². The summed E-state index contributed by atoms with van der Waals surface area (Å²) in [6.07, 6.45) is -9.79. The maximum Gasteiger partial charge on any atom is 0.416 e. The number of hydrogen-bond acceptors (Lipinski definition) is 5. The van der Waals surface area contributed by atoms with E-state index in [4.69, 9.17) is 5.26 Å². The largest absolute Gasteiger partial charge is 0.416 e. The molecule has 3 rings (SSSR count). The van der Waals surface area contributed by atoms with Crippen LogP contribution in [0.2, 0.25) is 0 Å². The Morgan fingerprint density at radius 3 is 2.17 bits per heavy atom. The summed E-state index contributed by atoms with van der Waals surface area (Å²) in [6, 6.07) is 9.54. The van der Waals surface area contributed by atoms with Gasteiger partial charge in [-0.05, 0) is 41.5 Å². The van der Waals surface area contributed by atoms with Gasteiger partial charge in [0.05, 0.1) is 23.2 Å². The Balaban J connectivity index is 1.88. The first-order valence-electron chi connectivity index (χ1n) is 8.74. The molecule has 2 atom stereocenters. The Hall–Kier alpha value is -2.81. The molecule has 0 bridgehead atoms. The molecule has 0 radical (unpaired) electrons. The van der Waals surface area contributed by atoms with Gasteiger partial charge in [-0.3, -0.25) is 0 Å². The van der Waals surface area contributed by atoms with Gasteiger partial charge in [0.25, 0.3) is 0 Å². The summed E-state index contributed by atoms with van der Waals surface area (Å²) < 4.78 is 78.4. The lowest BCUT2D eigenvalue weighted by atomic mass is 10.0. The first kappa shape index (κ1) is 21.9. The molecule has 0 saturated carbocycles. The molecule has 1 fully saturated rings. The Morgan fingerprint density at radius 1 is 0.967 bits per heavy atom. The molecular formula is C19H17F6N5. The minimum absolute atomic E-state index is 0.109. The number of nitrogens with one attached hydrogen (secondary N) is 3. The van der Waals surface area contributed by atoms with Crippen molar-refractivity contribution in [3.8, 4) is 6.07 Å². The van der Waals surface area contributed by atoms with Crippen molar-refractivity contribution in [1.82, 2.24) is 16.4 Å². The van der Waals surface area contributed by atoms with Gasteiger partial charge in [-0.2, -0.15) is 37.1 Å². The van der Waals surface area contributed by atoms with Gasteiger partial charge in [-0.15, -0.1) is 0 Å². The van der Waals surface area contributed by atoms with Crippen LogP contribution in [-0.2, 0) is 18.9 Å². The number of halogens is 6. The molecule has 1 saturated heterocycles. The van der Waals surface area contributed by atoms with Gasteiger partial charge in [-0.1, -0.05) is 12.1 Å². The number of rotatable bonds is 4. The Bertz CT molecular complexity index is 917. The van der Waals surface area contributed by atoms with E-state index in [1.54, 1.807) is 31.3 Å². The molecule has 2 aromatic carbocycles. The molecule has 5 nitrogen and oxygen atoms in total. The molecule has 1 aliphatic rings. The smallest absolute Gasteiger partial charge is 0.370 e. The van der Waals surface area contributed by atoms with E-state index in [9.17, 15) is 26.3 Å². The average molecular weight is 429 g/mol. The van der Waals surface area contributed by atoms with E-state index < -0.39 is 29.5 Å². The van der Waals surface area contributed by atoms with Crippen LogP contribution in [0.25, 0.3) is 0 Å². The van der Waals surface area contributed by atoms with Gasteiger partial charge in [0.1, 0.15) is 6.04 Å². The van der Waals surface area contributed by atoms with E-state index >= 15 is 0 Å². The van der Waals surface area contributed by atoms with Crippen molar-refractivity contribution < 1.29 is 26.3 Å². The molecule has 0 aliphatic carbocycles. The van der Waals surface area contributed by atoms with Gasteiger partial charge >= 0.3 is 12.4 Å². The highest BCUT2D eigenvalue weighted by Crippen LogP contribution is 2.36. The lowest BCUT2D eigenvalue weighted by Gasteiger charge is -2.23. The number of benzene rings is 2. The summed E-state index contributed by atoms with van der Waals surface area (Å²) in [6.45, 7) is -0.174. The van der Waals surface area contributed by atoms with Gasteiger partial charge in [0.2, 0.25) is 0 Å². The van der Waals surface area contributed by atoms with Crippen molar-refractivity contribution in [1.29, 1.82) is 5.26 Å². The topological polar surface area (TPSA) is 63.1 Å². The van der Waals surface area contributed by atoms with Crippen LogP contribution in [0.5, 0.6) is 0 Å². The lowest BCUT2D eigenvalue weighted by molar-refractivity contribution is -0.143. The Labute approximate surface area is 168 Å². The second-order valence-corrected chi connectivity index (χ2v) is 6.86. The zero-order chi connectivity index (χ0) is 22.1. The van der Waals surface area contributed by atoms with E-state index in [2.05, 4.69) is 22.5 Å². The van der Waals surface area contributed by atoms with Gasteiger partial charge in [0.15, 0.2) is 0 Å². The second-order valence-electron chi connectivity index (χ2n) is 6.86. The van der Waals surface area contributed by atoms with Crippen LogP contribution in [-0.4, -0.2) is 13.1 Å². The molecule has 160 valence electrons. The van der Waals surface area contributed by atoms with Gasteiger partial charge in [0, 0.05) is 19.3 Å². The predicted molar refractivity (Wildman–Crippen MR) is 96.5 cm³/mol. The summed E-state index contributed by atoms with van der Waals surface area (Å²) in [7, 11) is 1.56. The number of anilines is 1. The van der Waals surface area contributed by atoms with E-state index in [0.29, 0.717) is 17.8 Å². The van der Waals surface area contributed by atoms with E-state index in [0.717, 1.165) is 5.56 Å². The summed E-state index contributed by atoms with van der Waals surface area (Å²) in [5.41, 5.74) is 6.75. The summed E-state index contributed by atoms with van der Waals surface area (Å²) >= 11 is 0. The van der Waals surface area contributed by atoms with E-state index in [-0.39, 0.29) is 24.2 Å². The minimum atomic E-state index is -4.89. The molecule has 0 spiro atoms. The Kier molecular flexibility index (Phi) is 5.94. The van der Waals surface area contributed by atoms with Crippen molar-refractivity contribution in [2.75, 3.05) is 11.9 Å². The molecule has 3 N–H and O–H groups in total. The maximum absolute atomic E-state index is 13.1. The van der Waals surface area contributed by atoms with Gasteiger partial charge in [-0.25, -0.2) is 10.9 Å². The van der Waals surface area contributed by atoms with Crippen LogP contribution in [0.3, 0.4) is 0 Å². The second kappa shape index (κ2) is 8.14. The fourth-order valence-corrected chi connectivity index (χ4v) is 3.18. The predicted octanol–water partition coefficient (Wildman–Crippen LogP) is 3.91. The monoisotopic (exact) mass is 429 g/mol. The standard InChI is InChI=1S/C19H17F6N5/c1-30(15-4-2-3-12(7-15)17-16(9-26)27-29-28-17)10-11-5-13(18(20,21)22)8-14(6-11)19(23,24)25/h2-8,16-17,27-29H,10H2,1H3. The summed E-state index contributed by atoms with van der Waals surface area (Å²) in [5, 5.41) is 9.17. The van der Waals surface area contributed by atoms with Crippen LogP contribution < -0.4 is 21.3 Å². The fraction of sp³-hybridized carbons (Fsp3) is 0.316. The average Bonchev–Trinajstić information content (AvgIpc) is 3.15. The molecular weight excluding hydrogens is 412 g/mol. The van der Waals surface area contributed by atoms with Crippen molar-refractivity contribution in [3.05, 3.63) is 64.7 Å². The van der Waals surface area contributed by atoms with Crippen molar-refractivity contribution in [3.63, 3.8) is 0 Å². The highest BCUT2D eigenvalue weighted by Gasteiger charge is 2.37. The zero-order valence-corrected chi connectivity index (χ0v) is 15.6. The van der Waals surface area contributed by atoms with E-state index in [1.807, 2.05) is 0 Å². The van der Waals surface area contributed by atoms with Crippen molar-refractivity contribution in [2.45, 2.75) is 31.0 Å². The molecule has 2 aromatic rings. The molecule has 1 heterocycles. The third-order valence-corrected chi connectivity index (χ3v) is 4.67. The highest BCUT2D eigenvalue weighted by molar-refractivity contribution is 5.50. The molecule has 0 aromatic heterocycles.